The first-order valence-electron chi connectivity index (χ1n) is 8.02. The highest BCUT2D eigenvalue weighted by Gasteiger charge is 2.27. The lowest BCUT2D eigenvalue weighted by molar-refractivity contribution is -0.158. The normalized spacial score (nSPS) is 11.7. The van der Waals surface area contributed by atoms with Gasteiger partial charge in [-0.25, -0.2) is 4.79 Å². The Bertz CT molecular complexity index is 682. The SMILES string of the molecule is Cc1ccc(C)c(C(=O)CCC(=O)O[C@@H](C(=O)NC(N)=O)C(C)C)c1. The van der Waals surface area contributed by atoms with E-state index in [9.17, 15) is 19.2 Å². The first-order chi connectivity index (χ1) is 11.6. The summed E-state index contributed by atoms with van der Waals surface area (Å²) in [4.78, 5) is 46.8. The largest absolute Gasteiger partial charge is 0.452 e. The minimum Gasteiger partial charge on any atom is -0.452 e. The van der Waals surface area contributed by atoms with Gasteiger partial charge in [-0.2, -0.15) is 0 Å². The maximum absolute atomic E-state index is 12.3. The van der Waals surface area contributed by atoms with Gasteiger partial charge in [0, 0.05) is 12.0 Å². The number of hydrogen-bond acceptors (Lipinski definition) is 5. The fourth-order valence-corrected chi connectivity index (χ4v) is 2.27. The van der Waals surface area contributed by atoms with Crippen LogP contribution in [0.1, 0.15) is 48.2 Å². The maximum Gasteiger partial charge on any atom is 0.318 e. The van der Waals surface area contributed by atoms with E-state index in [0.717, 1.165) is 11.1 Å². The number of Topliss-reactive ketones (excluding diaryl/α,β-unsaturated/α-hetero) is 1. The molecule has 136 valence electrons. The summed E-state index contributed by atoms with van der Waals surface area (Å²) < 4.78 is 5.10. The maximum atomic E-state index is 12.3. The molecule has 0 aliphatic heterocycles. The third kappa shape index (κ3) is 6.37. The Balaban J connectivity index is 2.65. The molecule has 0 radical (unpaired) electrons. The highest BCUT2D eigenvalue weighted by atomic mass is 16.5. The van der Waals surface area contributed by atoms with Crippen molar-refractivity contribution in [3.05, 3.63) is 34.9 Å². The van der Waals surface area contributed by atoms with Gasteiger partial charge in [-0.1, -0.05) is 31.5 Å². The van der Waals surface area contributed by atoms with Crippen LogP contribution in [0.2, 0.25) is 0 Å². The second kappa shape index (κ2) is 8.96. The number of carbonyl (C=O) groups excluding carboxylic acids is 4. The van der Waals surface area contributed by atoms with E-state index in [4.69, 9.17) is 10.5 Å². The van der Waals surface area contributed by atoms with Crippen LogP contribution < -0.4 is 11.1 Å². The van der Waals surface area contributed by atoms with Crippen molar-refractivity contribution in [2.75, 3.05) is 0 Å². The summed E-state index contributed by atoms with van der Waals surface area (Å²) in [6.07, 6.45) is -1.32. The Morgan fingerprint density at radius 2 is 1.76 bits per heavy atom. The number of ether oxygens (including phenoxy) is 1. The highest BCUT2D eigenvalue weighted by Crippen LogP contribution is 2.15. The molecule has 0 aliphatic carbocycles. The van der Waals surface area contributed by atoms with Crippen molar-refractivity contribution >= 4 is 23.7 Å². The lowest BCUT2D eigenvalue weighted by Crippen LogP contribution is -2.45. The number of nitrogens with one attached hydrogen (secondary N) is 1. The number of rotatable bonds is 7. The summed E-state index contributed by atoms with van der Waals surface area (Å²) in [6, 6.07) is 4.52. The van der Waals surface area contributed by atoms with Crippen LogP contribution in [-0.4, -0.2) is 29.8 Å². The van der Waals surface area contributed by atoms with Crippen LogP contribution in [0.4, 0.5) is 4.79 Å². The van der Waals surface area contributed by atoms with E-state index in [1.807, 2.05) is 31.3 Å². The molecule has 0 bridgehead atoms. The average molecular weight is 348 g/mol. The summed E-state index contributed by atoms with van der Waals surface area (Å²) >= 11 is 0. The predicted molar refractivity (Wildman–Crippen MR) is 91.9 cm³/mol. The molecule has 0 spiro atoms. The molecule has 0 fully saturated rings. The molecule has 0 heterocycles. The van der Waals surface area contributed by atoms with Crippen molar-refractivity contribution in [3.63, 3.8) is 0 Å². The molecule has 0 saturated carbocycles. The Morgan fingerprint density at radius 1 is 1.12 bits per heavy atom. The minimum absolute atomic E-state index is 0.0224. The summed E-state index contributed by atoms with van der Waals surface area (Å²) in [5.41, 5.74) is 7.26. The number of primary amides is 1. The van der Waals surface area contributed by atoms with Crippen LogP contribution in [-0.2, 0) is 14.3 Å². The lowest BCUT2D eigenvalue weighted by atomic mass is 9.99. The topological polar surface area (TPSA) is 116 Å². The molecule has 3 amide bonds. The Labute approximate surface area is 146 Å². The van der Waals surface area contributed by atoms with E-state index in [-0.39, 0.29) is 24.5 Å². The summed E-state index contributed by atoms with van der Waals surface area (Å²) in [7, 11) is 0. The van der Waals surface area contributed by atoms with Crippen molar-refractivity contribution in [2.45, 2.75) is 46.6 Å². The van der Waals surface area contributed by atoms with E-state index >= 15 is 0 Å². The van der Waals surface area contributed by atoms with Gasteiger partial charge >= 0.3 is 12.0 Å². The van der Waals surface area contributed by atoms with Crippen LogP contribution in [0, 0.1) is 19.8 Å². The highest BCUT2D eigenvalue weighted by molar-refractivity contribution is 5.99. The number of esters is 1. The summed E-state index contributed by atoms with van der Waals surface area (Å²) in [6.45, 7) is 7.04. The predicted octanol–water partition coefficient (Wildman–Crippen LogP) is 2.03. The van der Waals surface area contributed by atoms with Gasteiger partial charge in [0.25, 0.3) is 5.91 Å². The molecule has 0 saturated heterocycles. The van der Waals surface area contributed by atoms with Gasteiger partial charge in [0.05, 0.1) is 6.42 Å². The quantitative estimate of drug-likeness (QED) is 0.578. The average Bonchev–Trinajstić information content (AvgIpc) is 2.51. The standard InChI is InChI=1S/C18H24N2O5/c1-10(2)16(17(23)20-18(19)24)25-15(22)8-7-14(21)13-9-11(3)5-6-12(13)4/h5-6,9-10,16H,7-8H2,1-4H3,(H3,19,20,23,24)/t16-/m1/s1. The van der Waals surface area contributed by atoms with Gasteiger partial charge < -0.3 is 10.5 Å². The zero-order chi connectivity index (χ0) is 19.1. The molecule has 0 aromatic heterocycles. The Kier molecular flexibility index (Phi) is 7.29. The van der Waals surface area contributed by atoms with Gasteiger partial charge in [0.1, 0.15) is 0 Å². The molecule has 25 heavy (non-hydrogen) atoms. The van der Waals surface area contributed by atoms with Crippen LogP contribution in [0.3, 0.4) is 0 Å². The third-order valence-electron chi connectivity index (χ3n) is 3.62. The van der Waals surface area contributed by atoms with E-state index in [1.54, 1.807) is 19.9 Å². The van der Waals surface area contributed by atoms with Crippen LogP contribution in [0.25, 0.3) is 0 Å². The molecule has 0 unspecified atom stereocenters. The summed E-state index contributed by atoms with van der Waals surface area (Å²) in [5, 5.41) is 1.89. The number of benzene rings is 1. The molecule has 1 aromatic rings. The number of ketones is 1. The molecular formula is C18H24N2O5. The fourth-order valence-electron chi connectivity index (χ4n) is 2.27. The molecule has 7 nitrogen and oxygen atoms in total. The van der Waals surface area contributed by atoms with E-state index < -0.39 is 24.0 Å². The van der Waals surface area contributed by atoms with Gasteiger partial charge in [-0.15, -0.1) is 0 Å². The Hall–Kier alpha value is -2.70. The van der Waals surface area contributed by atoms with Crippen molar-refractivity contribution < 1.29 is 23.9 Å². The fraction of sp³-hybridized carbons (Fsp3) is 0.444. The lowest BCUT2D eigenvalue weighted by Gasteiger charge is -2.19. The number of amides is 3. The monoisotopic (exact) mass is 348 g/mol. The van der Waals surface area contributed by atoms with Gasteiger partial charge in [-0.3, -0.25) is 19.7 Å². The second-order valence-electron chi connectivity index (χ2n) is 6.25. The van der Waals surface area contributed by atoms with Crippen molar-refractivity contribution in [1.82, 2.24) is 5.32 Å². The molecule has 1 rings (SSSR count). The molecule has 3 N–H and O–H groups in total. The van der Waals surface area contributed by atoms with Gasteiger partial charge in [0.2, 0.25) is 0 Å². The van der Waals surface area contributed by atoms with E-state index in [0.29, 0.717) is 5.56 Å². The molecular weight excluding hydrogens is 324 g/mol. The van der Waals surface area contributed by atoms with Gasteiger partial charge in [0.15, 0.2) is 11.9 Å². The zero-order valence-corrected chi connectivity index (χ0v) is 14.9. The van der Waals surface area contributed by atoms with Crippen molar-refractivity contribution in [1.29, 1.82) is 0 Å². The third-order valence-corrected chi connectivity index (χ3v) is 3.62. The molecule has 0 aliphatic rings. The number of urea groups is 1. The zero-order valence-electron chi connectivity index (χ0n) is 14.9. The van der Waals surface area contributed by atoms with Crippen LogP contribution in [0.5, 0.6) is 0 Å². The number of carbonyl (C=O) groups is 4. The van der Waals surface area contributed by atoms with Crippen molar-refractivity contribution in [3.8, 4) is 0 Å². The number of hydrogen-bond donors (Lipinski definition) is 2. The number of aryl methyl sites for hydroxylation is 2. The number of nitrogens with two attached hydrogens (primary N) is 1. The van der Waals surface area contributed by atoms with Gasteiger partial charge in [-0.05, 0) is 31.4 Å². The molecule has 7 heteroatoms. The number of imide groups is 1. The smallest absolute Gasteiger partial charge is 0.318 e. The van der Waals surface area contributed by atoms with Crippen LogP contribution >= 0.6 is 0 Å². The minimum atomic E-state index is -1.14. The first kappa shape index (κ1) is 20.3. The molecule has 1 aromatic carbocycles. The first-order valence-corrected chi connectivity index (χ1v) is 8.02. The molecule has 1 atom stereocenters. The summed E-state index contributed by atoms with van der Waals surface area (Å²) in [5.74, 6) is -1.98. The second-order valence-corrected chi connectivity index (χ2v) is 6.25. The van der Waals surface area contributed by atoms with E-state index in [1.165, 1.54) is 0 Å². The van der Waals surface area contributed by atoms with Crippen LogP contribution in [0.15, 0.2) is 18.2 Å². The van der Waals surface area contributed by atoms with E-state index in [2.05, 4.69) is 0 Å². The Morgan fingerprint density at radius 3 is 2.32 bits per heavy atom. The van der Waals surface area contributed by atoms with Crippen molar-refractivity contribution in [2.24, 2.45) is 11.7 Å².